The maximum absolute atomic E-state index is 3.96. The third-order valence-corrected chi connectivity index (χ3v) is 7.10. The quantitative estimate of drug-likeness (QED) is 0.740. The molecule has 1 N–H and O–H groups in total. The summed E-state index contributed by atoms with van der Waals surface area (Å²) < 4.78 is 0. The first-order valence-corrected chi connectivity index (χ1v) is 11.0. The number of benzene rings is 1. The number of piperidine rings is 2. The van der Waals surface area contributed by atoms with Gasteiger partial charge in [0.05, 0.1) is 0 Å². The number of hydrogen-bond acceptors (Lipinski definition) is 2. The van der Waals surface area contributed by atoms with Crippen LogP contribution in [-0.2, 0) is 6.54 Å². The first-order valence-electron chi connectivity index (χ1n) is 11.0. The van der Waals surface area contributed by atoms with Gasteiger partial charge >= 0.3 is 0 Å². The molecule has 1 aromatic carbocycles. The third-order valence-electron chi connectivity index (χ3n) is 7.10. The number of likely N-dealkylation sites (tertiary alicyclic amines) is 1. The van der Waals surface area contributed by atoms with Crippen molar-refractivity contribution in [1.29, 1.82) is 0 Å². The maximum Gasteiger partial charge on any atom is 0.0233 e. The van der Waals surface area contributed by atoms with E-state index in [4.69, 9.17) is 0 Å². The molecule has 5 atom stereocenters. The summed E-state index contributed by atoms with van der Waals surface area (Å²) in [6.45, 7) is 13.4. The Morgan fingerprint density at radius 3 is 2.54 bits per heavy atom. The minimum absolute atomic E-state index is 0.682. The molecule has 26 heavy (non-hydrogen) atoms. The van der Waals surface area contributed by atoms with E-state index in [0.29, 0.717) is 6.04 Å². The number of rotatable bonds is 6. The molecule has 5 unspecified atom stereocenters. The van der Waals surface area contributed by atoms with Crippen molar-refractivity contribution in [2.75, 3.05) is 13.1 Å². The number of nitrogens with one attached hydrogen (secondary N) is 1. The zero-order valence-corrected chi connectivity index (χ0v) is 17.5. The molecular formula is C24H40N2. The highest BCUT2D eigenvalue weighted by Gasteiger charge is 2.31. The van der Waals surface area contributed by atoms with Crippen LogP contribution in [0.1, 0.15) is 65.4 Å². The van der Waals surface area contributed by atoms with Gasteiger partial charge in [0.25, 0.3) is 0 Å². The minimum atomic E-state index is 0.682. The van der Waals surface area contributed by atoms with Gasteiger partial charge in [0.2, 0.25) is 0 Å². The Kier molecular flexibility index (Phi) is 7.17. The molecule has 0 amide bonds. The lowest BCUT2D eigenvalue weighted by Gasteiger charge is -2.41. The highest BCUT2D eigenvalue weighted by molar-refractivity contribution is 5.14. The van der Waals surface area contributed by atoms with Crippen LogP contribution in [0, 0.1) is 23.7 Å². The van der Waals surface area contributed by atoms with Crippen LogP contribution in [0.4, 0.5) is 0 Å². The molecule has 3 rings (SSSR count). The van der Waals surface area contributed by atoms with Crippen LogP contribution in [0.25, 0.3) is 0 Å². The largest absolute Gasteiger partial charge is 0.311 e. The van der Waals surface area contributed by atoms with E-state index in [9.17, 15) is 0 Å². The molecule has 2 aliphatic rings. The molecule has 0 bridgehead atoms. The second-order valence-corrected chi connectivity index (χ2v) is 9.47. The van der Waals surface area contributed by atoms with Crippen molar-refractivity contribution in [2.24, 2.45) is 23.7 Å². The Hall–Kier alpha value is -0.860. The summed E-state index contributed by atoms with van der Waals surface area (Å²) in [6.07, 6.45) is 6.93. The fourth-order valence-electron chi connectivity index (χ4n) is 5.50. The van der Waals surface area contributed by atoms with Crippen molar-refractivity contribution >= 4 is 0 Å². The summed E-state index contributed by atoms with van der Waals surface area (Å²) in [5, 5.41) is 3.96. The molecule has 1 aromatic rings. The second-order valence-electron chi connectivity index (χ2n) is 9.47. The van der Waals surface area contributed by atoms with Crippen molar-refractivity contribution in [2.45, 2.75) is 78.4 Å². The molecule has 2 fully saturated rings. The van der Waals surface area contributed by atoms with Crippen LogP contribution >= 0.6 is 0 Å². The fourth-order valence-corrected chi connectivity index (χ4v) is 5.50. The lowest BCUT2D eigenvalue weighted by Crippen LogP contribution is -2.48. The lowest BCUT2D eigenvalue weighted by atomic mass is 9.77. The van der Waals surface area contributed by atoms with Gasteiger partial charge in [-0.2, -0.15) is 0 Å². The standard InChI is InChI=1S/C24H40N2/c1-18(2)24-13-12-23(25-20(24)4)15-19(3)22-11-8-14-26(17-22)16-21-9-6-5-7-10-21/h5-7,9-10,18-20,22-25H,8,11-17H2,1-4H3. The second kappa shape index (κ2) is 9.37. The van der Waals surface area contributed by atoms with Crippen LogP contribution in [-0.4, -0.2) is 30.1 Å². The van der Waals surface area contributed by atoms with Gasteiger partial charge in [-0.1, -0.05) is 51.1 Å². The van der Waals surface area contributed by atoms with Gasteiger partial charge in [-0.3, -0.25) is 4.90 Å². The summed E-state index contributed by atoms with van der Waals surface area (Å²) >= 11 is 0. The van der Waals surface area contributed by atoms with Gasteiger partial charge in [0.15, 0.2) is 0 Å². The van der Waals surface area contributed by atoms with Gasteiger partial charge in [0.1, 0.15) is 0 Å². The molecule has 146 valence electrons. The average molecular weight is 357 g/mol. The Morgan fingerprint density at radius 1 is 1.08 bits per heavy atom. The maximum atomic E-state index is 3.96. The van der Waals surface area contributed by atoms with E-state index in [1.54, 1.807) is 0 Å². The molecule has 2 heterocycles. The van der Waals surface area contributed by atoms with Crippen LogP contribution < -0.4 is 5.32 Å². The monoisotopic (exact) mass is 356 g/mol. The van der Waals surface area contributed by atoms with Crippen LogP contribution in [0.15, 0.2) is 30.3 Å². The SMILES string of the molecule is CC(C)C1CCC(CC(C)C2CCCN(Cc3ccccc3)C2)NC1C. The Bertz CT molecular complexity index is 526. The number of nitrogens with zero attached hydrogens (tertiary/aromatic N) is 1. The smallest absolute Gasteiger partial charge is 0.0233 e. The van der Waals surface area contributed by atoms with Gasteiger partial charge in [0, 0.05) is 25.2 Å². The Morgan fingerprint density at radius 2 is 1.85 bits per heavy atom. The van der Waals surface area contributed by atoms with E-state index in [2.05, 4.69) is 68.2 Å². The Labute approximate surface area is 161 Å². The minimum Gasteiger partial charge on any atom is -0.311 e. The zero-order chi connectivity index (χ0) is 18.5. The highest BCUT2D eigenvalue weighted by atomic mass is 15.1. The molecule has 2 saturated heterocycles. The highest BCUT2D eigenvalue weighted by Crippen LogP contribution is 2.32. The van der Waals surface area contributed by atoms with Gasteiger partial charge in [-0.15, -0.1) is 0 Å². The lowest BCUT2D eigenvalue weighted by molar-refractivity contribution is 0.113. The van der Waals surface area contributed by atoms with E-state index in [-0.39, 0.29) is 0 Å². The molecule has 2 nitrogen and oxygen atoms in total. The molecule has 2 heteroatoms. The fraction of sp³-hybridized carbons (Fsp3) is 0.750. The summed E-state index contributed by atoms with van der Waals surface area (Å²) in [5.74, 6) is 3.36. The summed E-state index contributed by atoms with van der Waals surface area (Å²) in [4.78, 5) is 2.69. The van der Waals surface area contributed by atoms with Gasteiger partial charge in [-0.05, 0) is 74.8 Å². The van der Waals surface area contributed by atoms with Crippen molar-refractivity contribution in [1.82, 2.24) is 10.2 Å². The molecule has 0 spiro atoms. The van der Waals surface area contributed by atoms with Crippen LogP contribution in [0.2, 0.25) is 0 Å². The average Bonchev–Trinajstić information content (AvgIpc) is 2.62. The van der Waals surface area contributed by atoms with Crippen LogP contribution in [0.3, 0.4) is 0 Å². The van der Waals surface area contributed by atoms with Crippen molar-refractivity contribution < 1.29 is 0 Å². The van der Waals surface area contributed by atoms with Gasteiger partial charge < -0.3 is 5.32 Å². The molecule has 2 aliphatic heterocycles. The summed E-state index contributed by atoms with van der Waals surface area (Å²) in [7, 11) is 0. The molecule has 0 saturated carbocycles. The van der Waals surface area contributed by atoms with Crippen molar-refractivity contribution in [3.63, 3.8) is 0 Å². The summed E-state index contributed by atoms with van der Waals surface area (Å²) in [5.41, 5.74) is 1.46. The summed E-state index contributed by atoms with van der Waals surface area (Å²) in [6, 6.07) is 12.4. The third kappa shape index (κ3) is 5.33. The molecular weight excluding hydrogens is 316 g/mol. The van der Waals surface area contributed by atoms with Crippen molar-refractivity contribution in [3.05, 3.63) is 35.9 Å². The molecule has 0 radical (unpaired) electrons. The van der Waals surface area contributed by atoms with E-state index in [0.717, 1.165) is 36.3 Å². The topological polar surface area (TPSA) is 15.3 Å². The van der Waals surface area contributed by atoms with E-state index >= 15 is 0 Å². The van der Waals surface area contributed by atoms with E-state index in [1.165, 1.54) is 50.8 Å². The van der Waals surface area contributed by atoms with Crippen molar-refractivity contribution in [3.8, 4) is 0 Å². The zero-order valence-electron chi connectivity index (χ0n) is 17.5. The van der Waals surface area contributed by atoms with Gasteiger partial charge in [-0.25, -0.2) is 0 Å². The predicted molar refractivity (Wildman–Crippen MR) is 112 cm³/mol. The number of hydrogen-bond donors (Lipinski definition) is 1. The van der Waals surface area contributed by atoms with E-state index < -0.39 is 0 Å². The predicted octanol–water partition coefficient (Wildman–Crippen LogP) is 5.34. The first kappa shape index (κ1) is 19.9. The molecule has 0 aromatic heterocycles. The first-order chi connectivity index (χ1) is 12.5. The Balaban J connectivity index is 1.48. The molecule has 0 aliphatic carbocycles. The van der Waals surface area contributed by atoms with Crippen LogP contribution in [0.5, 0.6) is 0 Å². The normalized spacial score (nSPS) is 31.9. The van der Waals surface area contributed by atoms with E-state index in [1.807, 2.05) is 0 Å².